The number of benzene rings is 2. The third kappa shape index (κ3) is 2.57. The molecule has 0 fully saturated rings. The van der Waals surface area contributed by atoms with Crippen LogP contribution in [-0.4, -0.2) is 15.0 Å². The Bertz CT molecular complexity index is 805. The van der Waals surface area contributed by atoms with E-state index in [0.717, 1.165) is 34.4 Å². The Morgan fingerprint density at radius 2 is 1.68 bits per heavy atom. The van der Waals surface area contributed by atoms with Crippen LogP contribution in [0.25, 0.3) is 0 Å². The van der Waals surface area contributed by atoms with Gasteiger partial charge in [0, 0.05) is 6.54 Å². The molecule has 0 saturated carbocycles. The summed E-state index contributed by atoms with van der Waals surface area (Å²) < 4.78 is 29.8. The topological polar surface area (TPSA) is 49.4 Å². The van der Waals surface area contributed by atoms with Gasteiger partial charge in [0.05, 0.1) is 11.4 Å². The van der Waals surface area contributed by atoms with Crippen molar-refractivity contribution in [3.63, 3.8) is 0 Å². The molecule has 0 aromatic heterocycles. The fraction of sp³-hybridized carbons (Fsp3) is 0.294. The van der Waals surface area contributed by atoms with E-state index in [1.807, 2.05) is 57.2 Å². The zero-order valence-corrected chi connectivity index (χ0v) is 13.9. The molecule has 1 N–H and O–H groups in total. The van der Waals surface area contributed by atoms with Crippen LogP contribution in [-0.2, 0) is 16.6 Å². The third-order valence-corrected chi connectivity index (χ3v) is 5.46. The molecule has 116 valence electrons. The number of hydrogen-bond acceptors (Lipinski definition) is 2. The first-order valence-electron chi connectivity index (χ1n) is 7.35. The predicted molar refractivity (Wildman–Crippen MR) is 90.7 cm³/mol. The Kier molecular flexibility index (Phi) is 3.60. The minimum atomic E-state index is -3.60. The summed E-state index contributed by atoms with van der Waals surface area (Å²) in [5.74, 6) is 0. The standard InChI is InChI=1S/C17H20N2O2S/c1-12-10-13(2)17(14(3)11-12)18-22(20,21)19-9-8-15-6-4-5-7-16(15)19/h4-7,10-11,18H,8-9H2,1-3H3. The Morgan fingerprint density at radius 3 is 2.36 bits per heavy atom. The summed E-state index contributed by atoms with van der Waals surface area (Å²) in [7, 11) is -3.60. The maximum atomic E-state index is 12.8. The number of aryl methyl sites for hydroxylation is 3. The Morgan fingerprint density at radius 1 is 1.05 bits per heavy atom. The monoisotopic (exact) mass is 316 g/mol. The first kappa shape index (κ1) is 14.9. The predicted octanol–water partition coefficient (Wildman–Crippen LogP) is 3.33. The number of para-hydroxylation sites is 1. The quantitative estimate of drug-likeness (QED) is 0.944. The highest BCUT2D eigenvalue weighted by Crippen LogP contribution is 2.31. The number of nitrogens with zero attached hydrogens (tertiary/aromatic N) is 1. The van der Waals surface area contributed by atoms with Crippen molar-refractivity contribution in [1.29, 1.82) is 0 Å². The second-order valence-corrected chi connectivity index (χ2v) is 7.43. The fourth-order valence-electron chi connectivity index (χ4n) is 3.08. The zero-order chi connectivity index (χ0) is 15.9. The van der Waals surface area contributed by atoms with Gasteiger partial charge in [-0.2, -0.15) is 8.42 Å². The van der Waals surface area contributed by atoms with Crippen molar-refractivity contribution in [2.45, 2.75) is 27.2 Å². The van der Waals surface area contributed by atoms with Crippen LogP contribution in [0.2, 0.25) is 0 Å². The average molecular weight is 316 g/mol. The van der Waals surface area contributed by atoms with Gasteiger partial charge < -0.3 is 0 Å². The van der Waals surface area contributed by atoms with E-state index in [2.05, 4.69) is 4.72 Å². The molecule has 0 amide bonds. The van der Waals surface area contributed by atoms with Gasteiger partial charge >= 0.3 is 10.2 Å². The van der Waals surface area contributed by atoms with Gasteiger partial charge in [0.15, 0.2) is 0 Å². The summed E-state index contributed by atoms with van der Waals surface area (Å²) in [6, 6.07) is 11.6. The Labute approximate surface area is 132 Å². The molecule has 2 aromatic carbocycles. The zero-order valence-electron chi connectivity index (χ0n) is 13.1. The first-order chi connectivity index (χ1) is 10.4. The van der Waals surface area contributed by atoms with E-state index < -0.39 is 10.2 Å². The molecule has 2 aromatic rings. The molecular weight excluding hydrogens is 296 g/mol. The van der Waals surface area contributed by atoms with E-state index >= 15 is 0 Å². The molecule has 0 bridgehead atoms. The second-order valence-electron chi connectivity index (χ2n) is 5.83. The summed E-state index contributed by atoms with van der Waals surface area (Å²) >= 11 is 0. The minimum absolute atomic E-state index is 0.485. The van der Waals surface area contributed by atoms with Gasteiger partial charge in [-0.25, -0.2) is 0 Å². The number of nitrogens with one attached hydrogen (secondary N) is 1. The van der Waals surface area contributed by atoms with E-state index in [0.29, 0.717) is 12.2 Å². The first-order valence-corrected chi connectivity index (χ1v) is 8.79. The van der Waals surface area contributed by atoms with Crippen LogP contribution in [0.1, 0.15) is 22.3 Å². The smallest absolute Gasteiger partial charge is 0.266 e. The van der Waals surface area contributed by atoms with Crippen molar-refractivity contribution >= 4 is 21.6 Å². The summed E-state index contributed by atoms with van der Waals surface area (Å²) in [6.45, 7) is 6.35. The third-order valence-electron chi connectivity index (χ3n) is 4.04. The molecule has 1 heterocycles. The van der Waals surface area contributed by atoms with Gasteiger partial charge in [0.25, 0.3) is 0 Å². The molecule has 3 rings (SSSR count). The molecule has 0 aliphatic carbocycles. The van der Waals surface area contributed by atoms with E-state index in [1.54, 1.807) is 0 Å². The summed E-state index contributed by atoms with van der Waals surface area (Å²) in [5, 5.41) is 0. The van der Waals surface area contributed by atoms with E-state index in [-0.39, 0.29) is 0 Å². The van der Waals surface area contributed by atoms with Crippen LogP contribution < -0.4 is 9.03 Å². The lowest BCUT2D eigenvalue weighted by atomic mass is 10.1. The maximum absolute atomic E-state index is 12.8. The van der Waals surface area contributed by atoms with Crippen molar-refractivity contribution in [2.24, 2.45) is 0 Å². The van der Waals surface area contributed by atoms with E-state index in [1.165, 1.54) is 4.31 Å². The lowest BCUT2D eigenvalue weighted by molar-refractivity contribution is 0.597. The highest BCUT2D eigenvalue weighted by atomic mass is 32.2. The van der Waals surface area contributed by atoms with Crippen LogP contribution in [0.3, 0.4) is 0 Å². The number of rotatable bonds is 3. The van der Waals surface area contributed by atoms with Gasteiger partial charge in [-0.05, 0) is 49.9 Å². The van der Waals surface area contributed by atoms with Crippen molar-refractivity contribution in [1.82, 2.24) is 0 Å². The molecule has 0 radical (unpaired) electrons. The van der Waals surface area contributed by atoms with Crippen LogP contribution in [0.15, 0.2) is 36.4 Å². The van der Waals surface area contributed by atoms with Gasteiger partial charge in [0.2, 0.25) is 0 Å². The molecule has 0 atom stereocenters. The van der Waals surface area contributed by atoms with Crippen molar-refractivity contribution in [2.75, 3.05) is 15.6 Å². The van der Waals surface area contributed by atoms with Crippen LogP contribution in [0.4, 0.5) is 11.4 Å². The molecule has 4 nitrogen and oxygen atoms in total. The van der Waals surface area contributed by atoms with Gasteiger partial charge in [-0.3, -0.25) is 9.03 Å². The average Bonchev–Trinajstić information content (AvgIpc) is 2.87. The summed E-state index contributed by atoms with van der Waals surface area (Å²) in [6.07, 6.45) is 0.753. The molecule has 5 heteroatoms. The Hall–Kier alpha value is -2.01. The fourth-order valence-corrected chi connectivity index (χ4v) is 4.54. The maximum Gasteiger partial charge on any atom is 0.324 e. The van der Waals surface area contributed by atoms with Crippen LogP contribution in [0.5, 0.6) is 0 Å². The van der Waals surface area contributed by atoms with Crippen molar-refractivity contribution in [3.05, 3.63) is 58.7 Å². The molecule has 0 saturated heterocycles. The number of fused-ring (bicyclic) bond motifs is 1. The SMILES string of the molecule is Cc1cc(C)c(NS(=O)(=O)N2CCc3ccccc32)c(C)c1. The highest BCUT2D eigenvalue weighted by Gasteiger charge is 2.29. The minimum Gasteiger partial charge on any atom is -0.266 e. The largest absolute Gasteiger partial charge is 0.324 e. The number of hydrogen-bond donors (Lipinski definition) is 1. The van der Waals surface area contributed by atoms with Gasteiger partial charge in [-0.15, -0.1) is 0 Å². The van der Waals surface area contributed by atoms with Gasteiger partial charge in [0.1, 0.15) is 0 Å². The molecule has 1 aliphatic heterocycles. The molecular formula is C17H20N2O2S. The van der Waals surface area contributed by atoms with E-state index in [4.69, 9.17) is 0 Å². The van der Waals surface area contributed by atoms with Crippen molar-refractivity contribution in [3.8, 4) is 0 Å². The lowest BCUT2D eigenvalue weighted by Crippen LogP contribution is -2.34. The van der Waals surface area contributed by atoms with Crippen molar-refractivity contribution < 1.29 is 8.42 Å². The van der Waals surface area contributed by atoms with Gasteiger partial charge in [-0.1, -0.05) is 35.9 Å². The number of anilines is 2. The van der Waals surface area contributed by atoms with Crippen LogP contribution in [0, 0.1) is 20.8 Å². The second kappa shape index (κ2) is 5.32. The Balaban J connectivity index is 1.96. The van der Waals surface area contributed by atoms with Crippen LogP contribution >= 0.6 is 0 Å². The highest BCUT2D eigenvalue weighted by molar-refractivity contribution is 7.94. The van der Waals surface area contributed by atoms with E-state index in [9.17, 15) is 8.42 Å². The lowest BCUT2D eigenvalue weighted by Gasteiger charge is -2.22. The summed E-state index contributed by atoms with van der Waals surface area (Å²) in [4.78, 5) is 0. The normalized spacial score (nSPS) is 14.0. The molecule has 1 aliphatic rings. The molecule has 0 unspecified atom stereocenters. The summed E-state index contributed by atoms with van der Waals surface area (Å²) in [5.41, 5.74) is 5.53. The molecule has 0 spiro atoms. The molecule has 22 heavy (non-hydrogen) atoms.